The second-order valence-electron chi connectivity index (χ2n) is 5.30. The van der Waals surface area contributed by atoms with Gasteiger partial charge in [0.1, 0.15) is 0 Å². The normalized spacial score (nSPS) is 19.2. The summed E-state index contributed by atoms with van der Waals surface area (Å²) in [7, 11) is 1.96. The van der Waals surface area contributed by atoms with Gasteiger partial charge in [-0.15, -0.1) is 0 Å². The van der Waals surface area contributed by atoms with Crippen LogP contribution in [0, 0.1) is 5.92 Å². The SMILES string of the molecule is CC(NC(C)(C)c1cnn(C)c1)C1CC1. The van der Waals surface area contributed by atoms with Crippen molar-refractivity contribution in [1.82, 2.24) is 15.1 Å². The van der Waals surface area contributed by atoms with E-state index in [-0.39, 0.29) is 5.54 Å². The van der Waals surface area contributed by atoms with Gasteiger partial charge in [-0.1, -0.05) is 0 Å². The summed E-state index contributed by atoms with van der Waals surface area (Å²) in [6.45, 7) is 6.74. The van der Waals surface area contributed by atoms with Crippen LogP contribution < -0.4 is 5.32 Å². The molecule has 1 aromatic heterocycles. The molecule has 1 fully saturated rings. The van der Waals surface area contributed by atoms with Crippen molar-refractivity contribution in [3.05, 3.63) is 18.0 Å². The maximum atomic E-state index is 4.23. The van der Waals surface area contributed by atoms with Gasteiger partial charge in [0.05, 0.1) is 6.20 Å². The van der Waals surface area contributed by atoms with Gasteiger partial charge in [0.2, 0.25) is 0 Å². The third kappa shape index (κ3) is 2.40. The summed E-state index contributed by atoms with van der Waals surface area (Å²) in [4.78, 5) is 0. The fourth-order valence-corrected chi connectivity index (χ4v) is 2.11. The zero-order valence-corrected chi connectivity index (χ0v) is 10.1. The molecule has 0 spiro atoms. The standard InChI is InChI=1S/C12H21N3/c1-9(10-5-6-10)14-12(2,3)11-7-13-15(4)8-11/h7-10,14H,5-6H2,1-4H3. The lowest BCUT2D eigenvalue weighted by Crippen LogP contribution is -2.43. The van der Waals surface area contributed by atoms with Crippen molar-refractivity contribution in [1.29, 1.82) is 0 Å². The van der Waals surface area contributed by atoms with Crippen LogP contribution in [0.4, 0.5) is 0 Å². The van der Waals surface area contributed by atoms with Crippen LogP contribution in [0.1, 0.15) is 39.2 Å². The number of rotatable bonds is 4. The van der Waals surface area contributed by atoms with Gasteiger partial charge in [-0.25, -0.2) is 0 Å². The van der Waals surface area contributed by atoms with E-state index in [4.69, 9.17) is 0 Å². The molecular formula is C12H21N3. The molecule has 3 heteroatoms. The molecule has 0 aliphatic heterocycles. The van der Waals surface area contributed by atoms with Gasteiger partial charge in [0.15, 0.2) is 0 Å². The fraction of sp³-hybridized carbons (Fsp3) is 0.750. The molecule has 1 N–H and O–H groups in total. The Balaban J connectivity index is 2.04. The van der Waals surface area contributed by atoms with Crippen molar-refractivity contribution in [2.75, 3.05) is 0 Å². The number of hydrogen-bond donors (Lipinski definition) is 1. The molecule has 0 saturated heterocycles. The van der Waals surface area contributed by atoms with E-state index < -0.39 is 0 Å². The quantitative estimate of drug-likeness (QED) is 0.819. The van der Waals surface area contributed by atoms with E-state index in [9.17, 15) is 0 Å². The molecular weight excluding hydrogens is 186 g/mol. The van der Waals surface area contributed by atoms with E-state index in [0.29, 0.717) is 6.04 Å². The molecule has 15 heavy (non-hydrogen) atoms. The molecule has 1 heterocycles. The molecule has 1 atom stereocenters. The van der Waals surface area contributed by atoms with E-state index in [1.54, 1.807) is 0 Å². The first kappa shape index (κ1) is 10.7. The van der Waals surface area contributed by atoms with Crippen LogP contribution in [0.3, 0.4) is 0 Å². The highest BCUT2D eigenvalue weighted by Crippen LogP contribution is 2.34. The highest BCUT2D eigenvalue weighted by Gasteiger charge is 2.32. The first-order valence-electron chi connectivity index (χ1n) is 5.76. The first-order valence-corrected chi connectivity index (χ1v) is 5.76. The van der Waals surface area contributed by atoms with Gasteiger partial charge in [-0.2, -0.15) is 5.10 Å². The fourth-order valence-electron chi connectivity index (χ4n) is 2.11. The van der Waals surface area contributed by atoms with E-state index in [1.807, 2.05) is 17.9 Å². The molecule has 1 unspecified atom stereocenters. The number of hydrogen-bond acceptors (Lipinski definition) is 2. The Morgan fingerprint density at radius 3 is 2.67 bits per heavy atom. The Bertz CT molecular complexity index is 336. The van der Waals surface area contributed by atoms with Crippen LogP contribution >= 0.6 is 0 Å². The molecule has 2 rings (SSSR count). The second kappa shape index (κ2) is 3.63. The van der Waals surface area contributed by atoms with Gasteiger partial charge >= 0.3 is 0 Å². The average Bonchev–Trinajstić information content (AvgIpc) is 2.88. The third-order valence-corrected chi connectivity index (χ3v) is 3.34. The predicted molar refractivity (Wildman–Crippen MR) is 61.6 cm³/mol. The van der Waals surface area contributed by atoms with Crippen LogP contribution in [0.5, 0.6) is 0 Å². The second-order valence-corrected chi connectivity index (χ2v) is 5.30. The van der Waals surface area contributed by atoms with Crippen molar-refractivity contribution < 1.29 is 0 Å². The Labute approximate surface area is 91.9 Å². The van der Waals surface area contributed by atoms with Crippen LogP contribution in [0.15, 0.2) is 12.4 Å². The summed E-state index contributed by atoms with van der Waals surface area (Å²) in [5.41, 5.74) is 1.29. The summed E-state index contributed by atoms with van der Waals surface area (Å²) in [5.74, 6) is 0.890. The Morgan fingerprint density at radius 2 is 2.20 bits per heavy atom. The lowest BCUT2D eigenvalue weighted by Gasteiger charge is -2.29. The molecule has 0 aromatic carbocycles. The van der Waals surface area contributed by atoms with Crippen LogP contribution in [0.25, 0.3) is 0 Å². The molecule has 84 valence electrons. The van der Waals surface area contributed by atoms with Crippen LogP contribution in [-0.4, -0.2) is 15.8 Å². The summed E-state index contributed by atoms with van der Waals surface area (Å²) in [6.07, 6.45) is 6.81. The van der Waals surface area contributed by atoms with E-state index in [2.05, 4.69) is 37.4 Å². The number of aryl methyl sites for hydroxylation is 1. The van der Waals surface area contributed by atoms with Crippen molar-refractivity contribution in [2.24, 2.45) is 13.0 Å². The Hall–Kier alpha value is -0.830. The smallest absolute Gasteiger partial charge is 0.0540 e. The van der Waals surface area contributed by atoms with Crippen molar-refractivity contribution in [2.45, 2.75) is 45.2 Å². The van der Waals surface area contributed by atoms with Gasteiger partial charge in [0.25, 0.3) is 0 Å². The Kier molecular flexibility index (Phi) is 2.59. The predicted octanol–water partition coefficient (Wildman–Crippen LogP) is 2.04. The largest absolute Gasteiger partial charge is 0.305 e. The molecule has 0 amide bonds. The number of aromatic nitrogens is 2. The average molecular weight is 207 g/mol. The van der Waals surface area contributed by atoms with E-state index >= 15 is 0 Å². The summed E-state index contributed by atoms with van der Waals surface area (Å²) < 4.78 is 1.86. The van der Waals surface area contributed by atoms with Crippen molar-refractivity contribution in [3.8, 4) is 0 Å². The summed E-state index contributed by atoms with van der Waals surface area (Å²) in [5, 5.41) is 7.92. The number of nitrogens with zero attached hydrogens (tertiary/aromatic N) is 2. The zero-order valence-electron chi connectivity index (χ0n) is 10.1. The van der Waals surface area contributed by atoms with Crippen molar-refractivity contribution in [3.63, 3.8) is 0 Å². The minimum Gasteiger partial charge on any atom is -0.305 e. The van der Waals surface area contributed by atoms with E-state index in [0.717, 1.165) is 5.92 Å². The molecule has 0 radical (unpaired) electrons. The third-order valence-electron chi connectivity index (χ3n) is 3.34. The van der Waals surface area contributed by atoms with Crippen LogP contribution in [-0.2, 0) is 12.6 Å². The summed E-state index contributed by atoms with van der Waals surface area (Å²) in [6, 6.07) is 0.611. The lowest BCUT2D eigenvalue weighted by atomic mass is 9.96. The molecule has 0 bridgehead atoms. The minimum atomic E-state index is 0.0241. The molecule has 1 aliphatic carbocycles. The maximum Gasteiger partial charge on any atom is 0.0540 e. The maximum absolute atomic E-state index is 4.23. The molecule has 1 saturated carbocycles. The van der Waals surface area contributed by atoms with Gasteiger partial charge in [0, 0.05) is 30.4 Å². The lowest BCUT2D eigenvalue weighted by molar-refractivity contribution is 0.332. The first-order chi connectivity index (χ1) is 6.99. The number of nitrogens with one attached hydrogen (secondary N) is 1. The van der Waals surface area contributed by atoms with Gasteiger partial charge < -0.3 is 5.32 Å². The highest BCUT2D eigenvalue weighted by atomic mass is 15.2. The van der Waals surface area contributed by atoms with Crippen molar-refractivity contribution >= 4 is 0 Å². The monoisotopic (exact) mass is 207 g/mol. The van der Waals surface area contributed by atoms with E-state index in [1.165, 1.54) is 18.4 Å². The zero-order chi connectivity index (χ0) is 11.1. The molecule has 3 nitrogen and oxygen atoms in total. The molecule has 1 aromatic rings. The minimum absolute atomic E-state index is 0.0241. The Morgan fingerprint density at radius 1 is 1.53 bits per heavy atom. The highest BCUT2D eigenvalue weighted by molar-refractivity contribution is 5.16. The van der Waals surface area contributed by atoms with Gasteiger partial charge in [-0.3, -0.25) is 4.68 Å². The topological polar surface area (TPSA) is 29.9 Å². The van der Waals surface area contributed by atoms with Gasteiger partial charge in [-0.05, 0) is 39.5 Å². The molecule has 1 aliphatic rings. The summed E-state index contributed by atoms with van der Waals surface area (Å²) >= 11 is 0. The van der Waals surface area contributed by atoms with Crippen LogP contribution in [0.2, 0.25) is 0 Å².